The van der Waals surface area contributed by atoms with E-state index >= 15 is 0 Å². The van der Waals surface area contributed by atoms with Crippen LogP contribution in [0.15, 0.2) is 0 Å². The lowest BCUT2D eigenvalue weighted by Gasteiger charge is -2.22. The average Bonchev–Trinajstić information content (AvgIpc) is 2.57. The maximum absolute atomic E-state index is 11.1. The van der Waals surface area contributed by atoms with E-state index in [1.54, 1.807) is 6.92 Å². The fraction of sp³-hybridized carbons (Fsp3) is 0.900. The minimum absolute atomic E-state index is 0.196. The van der Waals surface area contributed by atoms with Gasteiger partial charge in [-0.05, 0) is 32.9 Å². The Hall–Kier alpha value is -0.570. The first-order valence-corrected chi connectivity index (χ1v) is 5.22. The Labute approximate surface area is 80.7 Å². The molecular formula is C10H20N2O. The lowest BCUT2D eigenvalue weighted by molar-refractivity contribution is -0.128. The molecule has 0 saturated carbocycles. The molecule has 1 rings (SSSR count). The summed E-state index contributed by atoms with van der Waals surface area (Å²) in [6.07, 6.45) is 2.65. The summed E-state index contributed by atoms with van der Waals surface area (Å²) >= 11 is 0. The molecule has 1 saturated heterocycles. The Morgan fingerprint density at radius 2 is 2.00 bits per heavy atom. The fourth-order valence-corrected chi connectivity index (χ4v) is 1.81. The predicted octanol–water partition coefficient (Wildman–Crippen LogP) is 0.951. The van der Waals surface area contributed by atoms with Gasteiger partial charge in [0.25, 0.3) is 0 Å². The Balaban J connectivity index is 2.18. The van der Waals surface area contributed by atoms with E-state index in [0.29, 0.717) is 0 Å². The molecule has 0 spiro atoms. The van der Waals surface area contributed by atoms with Gasteiger partial charge in [-0.15, -0.1) is 0 Å². The zero-order valence-corrected chi connectivity index (χ0v) is 8.75. The molecule has 0 aromatic carbocycles. The Morgan fingerprint density at radius 1 is 1.38 bits per heavy atom. The lowest BCUT2D eigenvalue weighted by Crippen LogP contribution is -2.36. The van der Waals surface area contributed by atoms with Gasteiger partial charge >= 0.3 is 0 Å². The number of amides is 1. The van der Waals surface area contributed by atoms with Crippen LogP contribution in [-0.4, -0.2) is 48.4 Å². The third-order valence-corrected chi connectivity index (χ3v) is 2.71. The predicted molar refractivity (Wildman–Crippen MR) is 53.6 cm³/mol. The number of carbonyl (C=O) groups excluding carboxylic acids is 1. The molecule has 76 valence electrons. The van der Waals surface area contributed by atoms with Gasteiger partial charge < -0.3 is 9.80 Å². The Kier molecular flexibility index (Phi) is 4.22. The van der Waals surface area contributed by atoms with Crippen LogP contribution in [0.3, 0.4) is 0 Å². The van der Waals surface area contributed by atoms with Crippen LogP contribution in [0.4, 0.5) is 0 Å². The van der Waals surface area contributed by atoms with Gasteiger partial charge in [0.15, 0.2) is 0 Å². The summed E-state index contributed by atoms with van der Waals surface area (Å²) in [6, 6.07) is 0. The maximum Gasteiger partial charge on any atom is 0.219 e. The standard InChI is InChI=1S/C10H20N2O/c1-3-12(10(2)13)9-8-11-6-4-5-7-11/h3-9H2,1-2H3. The summed E-state index contributed by atoms with van der Waals surface area (Å²) in [4.78, 5) is 15.4. The molecule has 13 heavy (non-hydrogen) atoms. The summed E-state index contributed by atoms with van der Waals surface area (Å²) in [6.45, 7) is 8.90. The summed E-state index contributed by atoms with van der Waals surface area (Å²) in [5, 5.41) is 0. The first-order valence-electron chi connectivity index (χ1n) is 5.22. The maximum atomic E-state index is 11.1. The molecule has 1 amide bonds. The first-order chi connectivity index (χ1) is 6.24. The molecule has 0 aromatic heterocycles. The second kappa shape index (κ2) is 5.22. The monoisotopic (exact) mass is 184 g/mol. The van der Waals surface area contributed by atoms with Gasteiger partial charge in [0.2, 0.25) is 5.91 Å². The number of likely N-dealkylation sites (N-methyl/N-ethyl adjacent to an activating group) is 1. The second-order valence-electron chi connectivity index (χ2n) is 3.65. The molecule has 0 unspecified atom stereocenters. The van der Waals surface area contributed by atoms with Crippen LogP contribution in [-0.2, 0) is 4.79 Å². The van der Waals surface area contributed by atoms with E-state index in [0.717, 1.165) is 19.6 Å². The third kappa shape index (κ3) is 3.35. The quantitative estimate of drug-likeness (QED) is 0.649. The van der Waals surface area contributed by atoms with Crippen LogP contribution in [0, 0.1) is 0 Å². The van der Waals surface area contributed by atoms with Crippen LogP contribution in [0.2, 0.25) is 0 Å². The molecule has 3 heteroatoms. The molecule has 0 atom stereocenters. The Morgan fingerprint density at radius 3 is 2.46 bits per heavy atom. The van der Waals surface area contributed by atoms with Crippen molar-refractivity contribution in [2.45, 2.75) is 26.7 Å². The molecule has 0 radical (unpaired) electrons. The fourth-order valence-electron chi connectivity index (χ4n) is 1.81. The highest BCUT2D eigenvalue weighted by molar-refractivity contribution is 5.73. The van der Waals surface area contributed by atoms with Gasteiger partial charge in [-0.1, -0.05) is 0 Å². The average molecular weight is 184 g/mol. The molecule has 0 bridgehead atoms. The summed E-state index contributed by atoms with van der Waals surface area (Å²) < 4.78 is 0. The number of hydrogen-bond acceptors (Lipinski definition) is 2. The van der Waals surface area contributed by atoms with E-state index < -0.39 is 0 Å². The number of likely N-dealkylation sites (tertiary alicyclic amines) is 1. The van der Waals surface area contributed by atoms with E-state index in [9.17, 15) is 4.79 Å². The van der Waals surface area contributed by atoms with E-state index in [4.69, 9.17) is 0 Å². The van der Waals surface area contributed by atoms with Gasteiger partial charge in [-0.3, -0.25) is 4.79 Å². The van der Waals surface area contributed by atoms with E-state index in [2.05, 4.69) is 4.90 Å². The van der Waals surface area contributed by atoms with Gasteiger partial charge in [0.1, 0.15) is 0 Å². The highest BCUT2D eigenvalue weighted by atomic mass is 16.2. The van der Waals surface area contributed by atoms with Crippen molar-refractivity contribution in [3.05, 3.63) is 0 Å². The first kappa shape index (κ1) is 10.5. The number of hydrogen-bond donors (Lipinski definition) is 0. The molecule has 1 heterocycles. The minimum atomic E-state index is 0.196. The molecule has 1 aliphatic heterocycles. The Bertz CT molecular complexity index is 164. The van der Waals surface area contributed by atoms with Crippen LogP contribution in [0.25, 0.3) is 0 Å². The van der Waals surface area contributed by atoms with Crippen molar-refractivity contribution < 1.29 is 4.79 Å². The zero-order chi connectivity index (χ0) is 9.68. The molecule has 0 aliphatic carbocycles. The smallest absolute Gasteiger partial charge is 0.219 e. The van der Waals surface area contributed by atoms with Gasteiger partial charge in [0, 0.05) is 26.6 Å². The molecule has 0 aromatic rings. The van der Waals surface area contributed by atoms with E-state index in [1.807, 2.05) is 11.8 Å². The molecule has 1 aliphatic rings. The highest BCUT2D eigenvalue weighted by Crippen LogP contribution is 2.06. The van der Waals surface area contributed by atoms with Crippen molar-refractivity contribution in [2.24, 2.45) is 0 Å². The molecular weight excluding hydrogens is 164 g/mol. The lowest BCUT2D eigenvalue weighted by atomic mass is 10.4. The zero-order valence-electron chi connectivity index (χ0n) is 8.75. The van der Waals surface area contributed by atoms with Crippen molar-refractivity contribution in [3.63, 3.8) is 0 Å². The molecule has 0 N–H and O–H groups in total. The van der Waals surface area contributed by atoms with Crippen LogP contribution < -0.4 is 0 Å². The summed E-state index contributed by atoms with van der Waals surface area (Å²) in [5.74, 6) is 0.196. The van der Waals surface area contributed by atoms with Crippen molar-refractivity contribution in [1.29, 1.82) is 0 Å². The normalized spacial score (nSPS) is 17.7. The second-order valence-corrected chi connectivity index (χ2v) is 3.65. The van der Waals surface area contributed by atoms with Crippen molar-refractivity contribution >= 4 is 5.91 Å². The summed E-state index contributed by atoms with van der Waals surface area (Å²) in [5.41, 5.74) is 0. The van der Waals surface area contributed by atoms with Crippen molar-refractivity contribution in [2.75, 3.05) is 32.7 Å². The van der Waals surface area contributed by atoms with Crippen LogP contribution in [0.5, 0.6) is 0 Å². The molecule has 3 nitrogen and oxygen atoms in total. The van der Waals surface area contributed by atoms with Gasteiger partial charge in [0.05, 0.1) is 0 Å². The number of nitrogens with zero attached hydrogens (tertiary/aromatic N) is 2. The largest absolute Gasteiger partial charge is 0.342 e. The van der Waals surface area contributed by atoms with Crippen molar-refractivity contribution in [3.8, 4) is 0 Å². The van der Waals surface area contributed by atoms with Gasteiger partial charge in [-0.2, -0.15) is 0 Å². The topological polar surface area (TPSA) is 23.6 Å². The highest BCUT2D eigenvalue weighted by Gasteiger charge is 2.13. The number of carbonyl (C=O) groups is 1. The van der Waals surface area contributed by atoms with Crippen molar-refractivity contribution in [1.82, 2.24) is 9.80 Å². The third-order valence-electron chi connectivity index (χ3n) is 2.71. The van der Waals surface area contributed by atoms with E-state index in [1.165, 1.54) is 25.9 Å². The molecule has 1 fully saturated rings. The SMILES string of the molecule is CCN(CCN1CCCC1)C(C)=O. The minimum Gasteiger partial charge on any atom is -0.342 e. The van der Waals surface area contributed by atoms with Crippen LogP contribution >= 0.6 is 0 Å². The summed E-state index contributed by atoms with van der Waals surface area (Å²) in [7, 11) is 0. The number of rotatable bonds is 4. The van der Waals surface area contributed by atoms with E-state index in [-0.39, 0.29) is 5.91 Å². The van der Waals surface area contributed by atoms with Gasteiger partial charge in [-0.25, -0.2) is 0 Å². The van der Waals surface area contributed by atoms with Crippen LogP contribution in [0.1, 0.15) is 26.7 Å².